The van der Waals surface area contributed by atoms with Crippen LogP contribution >= 0.6 is 0 Å². The summed E-state index contributed by atoms with van der Waals surface area (Å²) >= 11 is 0. The molecule has 0 saturated carbocycles. The maximum Gasteiger partial charge on any atom is 0.282 e. The zero-order valence-electron chi connectivity index (χ0n) is 9.37. The number of carbonyl (C=O) groups excluding carboxylic acids is 1. The average Bonchev–Trinajstić information content (AvgIpc) is 2.40. The van der Waals surface area contributed by atoms with Crippen molar-refractivity contribution < 1.29 is 9.72 Å². The van der Waals surface area contributed by atoms with E-state index >= 15 is 0 Å². The van der Waals surface area contributed by atoms with Gasteiger partial charge in [0.05, 0.1) is 4.92 Å². The average molecular weight is 242 g/mol. The van der Waals surface area contributed by atoms with E-state index in [4.69, 9.17) is 0 Å². The van der Waals surface area contributed by atoms with Crippen LogP contribution in [0, 0.1) is 10.1 Å². The summed E-state index contributed by atoms with van der Waals surface area (Å²) in [5.74, 6) is -0.492. The maximum atomic E-state index is 11.9. The standard InChI is InChI=1S/C13H10N2O3/c16-13(14-10-6-2-1-3-7-10)11-8-4-5-9-12(11)15(17)18/h1-9H,(H,14,16). The van der Waals surface area contributed by atoms with Gasteiger partial charge in [-0.2, -0.15) is 0 Å². The highest BCUT2D eigenvalue weighted by Crippen LogP contribution is 2.19. The molecule has 1 amide bonds. The van der Waals surface area contributed by atoms with Crippen molar-refractivity contribution in [1.82, 2.24) is 0 Å². The number of nitrogens with one attached hydrogen (secondary N) is 1. The maximum absolute atomic E-state index is 11.9. The molecule has 0 aliphatic heterocycles. The quantitative estimate of drug-likeness (QED) is 0.664. The number of para-hydroxylation sites is 2. The zero-order chi connectivity index (χ0) is 13.0. The molecule has 5 heteroatoms. The molecule has 90 valence electrons. The molecule has 0 heterocycles. The predicted molar refractivity (Wildman–Crippen MR) is 67.5 cm³/mol. The van der Waals surface area contributed by atoms with Crippen molar-refractivity contribution in [3.63, 3.8) is 0 Å². The number of amides is 1. The van der Waals surface area contributed by atoms with Gasteiger partial charge < -0.3 is 5.32 Å². The summed E-state index contributed by atoms with van der Waals surface area (Å²) in [5.41, 5.74) is 0.443. The number of rotatable bonds is 3. The van der Waals surface area contributed by atoms with Crippen LogP contribution in [0.2, 0.25) is 0 Å². The molecule has 0 atom stereocenters. The number of hydrogen-bond acceptors (Lipinski definition) is 3. The lowest BCUT2D eigenvalue weighted by atomic mass is 10.1. The Balaban J connectivity index is 2.27. The Kier molecular flexibility index (Phi) is 3.33. The number of nitro groups is 1. The van der Waals surface area contributed by atoms with Crippen LogP contribution in [-0.4, -0.2) is 10.8 Å². The predicted octanol–water partition coefficient (Wildman–Crippen LogP) is 2.85. The Labute approximate surface area is 103 Å². The first-order valence-corrected chi connectivity index (χ1v) is 5.28. The molecule has 5 nitrogen and oxygen atoms in total. The van der Waals surface area contributed by atoms with Crippen LogP contribution in [0.25, 0.3) is 0 Å². The van der Waals surface area contributed by atoms with E-state index in [1.807, 2.05) is 6.07 Å². The molecule has 2 rings (SSSR count). The van der Waals surface area contributed by atoms with E-state index in [1.54, 1.807) is 30.3 Å². The molecule has 0 saturated heterocycles. The highest BCUT2D eigenvalue weighted by atomic mass is 16.6. The SMILES string of the molecule is O=C(Nc1ccccc1)c1ccccc1[N+](=O)[O-]. The van der Waals surface area contributed by atoms with Crippen molar-refractivity contribution in [1.29, 1.82) is 0 Å². The van der Waals surface area contributed by atoms with Gasteiger partial charge in [0.2, 0.25) is 0 Å². The van der Waals surface area contributed by atoms with Crippen LogP contribution < -0.4 is 5.32 Å². The van der Waals surface area contributed by atoms with Gasteiger partial charge in [0.25, 0.3) is 11.6 Å². The number of anilines is 1. The van der Waals surface area contributed by atoms with E-state index in [0.717, 1.165) is 0 Å². The number of carbonyl (C=O) groups is 1. The Hall–Kier alpha value is -2.69. The number of hydrogen-bond donors (Lipinski definition) is 1. The molecule has 1 N–H and O–H groups in total. The van der Waals surface area contributed by atoms with Gasteiger partial charge in [-0.3, -0.25) is 14.9 Å². The third kappa shape index (κ3) is 2.52. The molecule has 0 aromatic heterocycles. The third-order valence-corrected chi connectivity index (χ3v) is 2.38. The Morgan fingerprint density at radius 2 is 1.61 bits per heavy atom. The number of nitro benzene ring substituents is 1. The van der Waals surface area contributed by atoms with Crippen molar-refractivity contribution in [3.8, 4) is 0 Å². The second-order valence-electron chi connectivity index (χ2n) is 3.59. The molecule has 0 fully saturated rings. The summed E-state index contributed by atoms with van der Waals surface area (Å²) in [6, 6.07) is 14.6. The monoisotopic (exact) mass is 242 g/mol. The van der Waals surface area contributed by atoms with Gasteiger partial charge in [-0.25, -0.2) is 0 Å². The van der Waals surface area contributed by atoms with E-state index in [2.05, 4.69) is 5.32 Å². The van der Waals surface area contributed by atoms with E-state index < -0.39 is 10.8 Å². The lowest BCUT2D eigenvalue weighted by molar-refractivity contribution is -0.385. The van der Waals surface area contributed by atoms with Gasteiger partial charge in [0.1, 0.15) is 5.56 Å². The summed E-state index contributed by atoms with van der Waals surface area (Å²) in [6.07, 6.45) is 0. The zero-order valence-corrected chi connectivity index (χ0v) is 9.37. The summed E-state index contributed by atoms with van der Waals surface area (Å²) in [7, 11) is 0. The summed E-state index contributed by atoms with van der Waals surface area (Å²) in [6.45, 7) is 0. The third-order valence-electron chi connectivity index (χ3n) is 2.38. The molecule has 2 aromatic rings. The van der Waals surface area contributed by atoms with Gasteiger partial charge in [0, 0.05) is 11.8 Å². The highest BCUT2D eigenvalue weighted by molar-refractivity contribution is 6.06. The molecule has 2 aromatic carbocycles. The fraction of sp³-hybridized carbons (Fsp3) is 0. The van der Waals surface area contributed by atoms with E-state index in [9.17, 15) is 14.9 Å². The van der Waals surface area contributed by atoms with Crippen LogP contribution in [0.3, 0.4) is 0 Å². The normalized spacial score (nSPS) is 9.78. The minimum atomic E-state index is -0.570. The van der Waals surface area contributed by atoms with Crippen LogP contribution in [0.5, 0.6) is 0 Å². The molecule has 0 unspecified atom stereocenters. The first kappa shape index (κ1) is 11.8. The number of nitrogens with zero attached hydrogens (tertiary/aromatic N) is 1. The lowest BCUT2D eigenvalue weighted by Gasteiger charge is -2.05. The Morgan fingerprint density at radius 3 is 2.28 bits per heavy atom. The van der Waals surface area contributed by atoms with Crippen LogP contribution in [-0.2, 0) is 0 Å². The fourth-order valence-electron chi connectivity index (χ4n) is 1.54. The van der Waals surface area contributed by atoms with Crippen LogP contribution in [0.1, 0.15) is 10.4 Å². The second kappa shape index (κ2) is 5.09. The first-order chi connectivity index (χ1) is 8.68. The van der Waals surface area contributed by atoms with Crippen molar-refractivity contribution in [3.05, 3.63) is 70.3 Å². The van der Waals surface area contributed by atoms with Crippen LogP contribution in [0.15, 0.2) is 54.6 Å². The van der Waals surface area contributed by atoms with Crippen molar-refractivity contribution in [2.75, 3.05) is 5.32 Å². The minimum absolute atomic E-state index is 0.0475. The lowest BCUT2D eigenvalue weighted by Crippen LogP contribution is -2.13. The van der Waals surface area contributed by atoms with E-state index in [-0.39, 0.29) is 11.3 Å². The van der Waals surface area contributed by atoms with Crippen molar-refractivity contribution >= 4 is 17.3 Å². The van der Waals surface area contributed by atoms with Gasteiger partial charge in [-0.1, -0.05) is 30.3 Å². The molecule has 0 aliphatic rings. The first-order valence-electron chi connectivity index (χ1n) is 5.28. The second-order valence-corrected chi connectivity index (χ2v) is 3.59. The topological polar surface area (TPSA) is 72.2 Å². The fourth-order valence-corrected chi connectivity index (χ4v) is 1.54. The van der Waals surface area contributed by atoms with Crippen molar-refractivity contribution in [2.24, 2.45) is 0 Å². The smallest absolute Gasteiger partial charge is 0.282 e. The Bertz CT molecular complexity index is 582. The highest BCUT2D eigenvalue weighted by Gasteiger charge is 2.18. The summed E-state index contributed by atoms with van der Waals surface area (Å²) < 4.78 is 0. The van der Waals surface area contributed by atoms with Gasteiger partial charge >= 0.3 is 0 Å². The molecular formula is C13H10N2O3. The largest absolute Gasteiger partial charge is 0.322 e. The number of benzene rings is 2. The molecule has 0 bridgehead atoms. The summed E-state index contributed by atoms with van der Waals surface area (Å²) in [4.78, 5) is 22.2. The Morgan fingerprint density at radius 1 is 1.00 bits per heavy atom. The molecule has 0 aliphatic carbocycles. The van der Waals surface area contributed by atoms with Gasteiger partial charge in [-0.05, 0) is 18.2 Å². The van der Waals surface area contributed by atoms with Crippen molar-refractivity contribution in [2.45, 2.75) is 0 Å². The molecular weight excluding hydrogens is 232 g/mol. The van der Waals surface area contributed by atoms with Gasteiger partial charge in [-0.15, -0.1) is 0 Å². The summed E-state index contributed by atoms with van der Waals surface area (Å²) in [5, 5.41) is 13.4. The molecule has 18 heavy (non-hydrogen) atoms. The van der Waals surface area contributed by atoms with Gasteiger partial charge in [0.15, 0.2) is 0 Å². The van der Waals surface area contributed by atoms with Crippen LogP contribution in [0.4, 0.5) is 11.4 Å². The molecule has 0 radical (unpaired) electrons. The minimum Gasteiger partial charge on any atom is -0.322 e. The molecule has 0 spiro atoms. The van der Waals surface area contributed by atoms with E-state index in [1.165, 1.54) is 18.2 Å². The van der Waals surface area contributed by atoms with E-state index in [0.29, 0.717) is 5.69 Å².